The van der Waals surface area contributed by atoms with Crippen LogP contribution in [0.3, 0.4) is 0 Å². The molecule has 2 aliphatic rings. The van der Waals surface area contributed by atoms with Gasteiger partial charge in [-0.1, -0.05) is 17.7 Å². The first-order valence-electron chi connectivity index (χ1n) is 16.2. The zero-order chi connectivity index (χ0) is 32.8. The lowest BCUT2D eigenvalue weighted by Gasteiger charge is -2.38. The zero-order valence-electron chi connectivity index (χ0n) is 27.1. The molecule has 0 unspecified atom stereocenters. The summed E-state index contributed by atoms with van der Waals surface area (Å²) in [6, 6.07) is 6.44. The maximum absolute atomic E-state index is 10.2. The second kappa shape index (κ2) is 14.9. The fraction of sp³-hybridized carbons (Fsp3) is 0.562. The van der Waals surface area contributed by atoms with Crippen LogP contribution in [0.2, 0.25) is 5.02 Å². The SMILES string of the molecule is C[C@@H](Cn1cnnn1)Oc1cc(-c2cnc(Nc3cn([C@H]4CC[C@H](N5CCOCC5)CC4)nc3OCCC(C)(C)O)nc2)ccc1Cl. The maximum Gasteiger partial charge on any atom is 0.256 e. The predicted octanol–water partition coefficient (Wildman–Crippen LogP) is 4.55. The van der Waals surface area contributed by atoms with Gasteiger partial charge in [0.1, 0.15) is 23.9 Å². The summed E-state index contributed by atoms with van der Waals surface area (Å²) < 4.78 is 21.3. The van der Waals surface area contributed by atoms with Gasteiger partial charge in [-0.3, -0.25) is 9.58 Å². The Morgan fingerprint density at radius 1 is 1.09 bits per heavy atom. The van der Waals surface area contributed by atoms with Gasteiger partial charge in [0.05, 0.1) is 49.2 Å². The fourth-order valence-electron chi connectivity index (χ4n) is 6.00. The van der Waals surface area contributed by atoms with E-state index in [0.29, 0.717) is 53.9 Å². The highest BCUT2D eigenvalue weighted by Gasteiger charge is 2.29. The molecule has 47 heavy (non-hydrogen) atoms. The first-order valence-corrected chi connectivity index (χ1v) is 16.6. The number of nitrogens with one attached hydrogen (secondary N) is 1. The molecule has 0 amide bonds. The summed E-state index contributed by atoms with van der Waals surface area (Å²) in [6.45, 7) is 9.93. The predicted molar refractivity (Wildman–Crippen MR) is 176 cm³/mol. The molecule has 15 heteroatoms. The van der Waals surface area contributed by atoms with Crippen LogP contribution < -0.4 is 14.8 Å². The summed E-state index contributed by atoms with van der Waals surface area (Å²) in [5.74, 6) is 1.43. The molecule has 1 aliphatic heterocycles. The minimum Gasteiger partial charge on any atom is -0.487 e. The van der Waals surface area contributed by atoms with Crippen LogP contribution in [0.25, 0.3) is 11.1 Å². The van der Waals surface area contributed by atoms with Crippen molar-refractivity contribution in [2.45, 2.75) is 83.2 Å². The molecule has 0 radical (unpaired) electrons. The number of hydrogen-bond acceptors (Lipinski definition) is 12. The maximum atomic E-state index is 10.2. The lowest BCUT2D eigenvalue weighted by Crippen LogP contribution is -2.45. The summed E-state index contributed by atoms with van der Waals surface area (Å²) in [4.78, 5) is 11.7. The van der Waals surface area contributed by atoms with Gasteiger partial charge in [-0.05, 0) is 74.6 Å². The Morgan fingerprint density at radius 3 is 2.53 bits per heavy atom. The van der Waals surface area contributed by atoms with Crippen molar-refractivity contribution >= 4 is 23.2 Å². The molecule has 0 spiro atoms. The smallest absolute Gasteiger partial charge is 0.256 e. The number of aromatic nitrogens is 8. The second-order valence-corrected chi connectivity index (χ2v) is 13.3. The number of rotatable bonds is 13. The van der Waals surface area contributed by atoms with Crippen molar-refractivity contribution in [1.82, 2.24) is 44.9 Å². The average Bonchev–Trinajstić information content (AvgIpc) is 3.72. The molecule has 2 N–H and O–H groups in total. The highest BCUT2D eigenvalue weighted by Crippen LogP contribution is 2.35. The molecule has 1 atom stereocenters. The molecular formula is C32H43ClN10O4. The number of hydrogen-bond donors (Lipinski definition) is 2. The second-order valence-electron chi connectivity index (χ2n) is 12.9. The van der Waals surface area contributed by atoms with Crippen LogP contribution in [0.5, 0.6) is 11.6 Å². The molecule has 6 rings (SSSR count). The number of benzene rings is 1. The van der Waals surface area contributed by atoms with Crippen LogP contribution in [0, 0.1) is 0 Å². The molecule has 2 fully saturated rings. The number of anilines is 2. The minimum absolute atomic E-state index is 0.213. The third-order valence-electron chi connectivity index (χ3n) is 8.58. The normalized spacial score (nSPS) is 19.8. The van der Waals surface area contributed by atoms with E-state index >= 15 is 0 Å². The van der Waals surface area contributed by atoms with Gasteiger partial charge in [0.25, 0.3) is 5.88 Å². The van der Waals surface area contributed by atoms with Crippen LogP contribution in [0.1, 0.15) is 58.9 Å². The molecule has 4 aromatic rings. The Hall–Kier alpha value is -3.85. The Kier molecular flexibility index (Phi) is 10.5. The molecule has 1 saturated heterocycles. The molecule has 3 aromatic heterocycles. The van der Waals surface area contributed by atoms with Gasteiger partial charge >= 0.3 is 0 Å². The van der Waals surface area contributed by atoms with Gasteiger partial charge in [-0.2, -0.15) is 0 Å². The van der Waals surface area contributed by atoms with Gasteiger partial charge in [0, 0.05) is 43.5 Å². The van der Waals surface area contributed by atoms with Crippen molar-refractivity contribution < 1.29 is 19.3 Å². The quantitative estimate of drug-likeness (QED) is 0.206. The van der Waals surface area contributed by atoms with E-state index in [0.717, 1.165) is 63.1 Å². The molecular weight excluding hydrogens is 624 g/mol. The summed E-state index contributed by atoms with van der Waals surface area (Å²) in [5, 5.41) is 30.1. The average molecular weight is 667 g/mol. The van der Waals surface area contributed by atoms with E-state index in [4.69, 9.17) is 30.9 Å². The van der Waals surface area contributed by atoms with E-state index in [1.54, 1.807) is 43.3 Å². The Balaban J connectivity index is 1.13. The van der Waals surface area contributed by atoms with E-state index in [-0.39, 0.29) is 12.1 Å². The molecule has 4 heterocycles. The number of tetrazole rings is 1. The van der Waals surface area contributed by atoms with Crippen LogP contribution >= 0.6 is 11.6 Å². The lowest BCUT2D eigenvalue weighted by atomic mass is 9.90. The molecule has 1 saturated carbocycles. The Bertz CT molecular complexity index is 1560. The number of aliphatic hydroxyl groups is 1. The van der Waals surface area contributed by atoms with Gasteiger partial charge in [-0.25, -0.2) is 14.6 Å². The van der Waals surface area contributed by atoms with Gasteiger partial charge < -0.3 is 24.6 Å². The van der Waals surface area contributed by atoms with Crippen molar-refractivity contribution in [3.8, 4) is 22.8 Å². The first kappa shape index (κ1) is 33.1. The van der Waals surface area contributed by atoms with E-state index in [9.17, 15) is 5.11 Å². The third-order valence-corrected chi connectivity index (χ3v) is 8.89. The van der Waals surface area contributed by atoms with Crippen molar-refractivity contribution in [3.05, 3.63) is 48.1 Å². The third kappa shape index (κ3) is 8.95. The van der Waals surface area contributed by atoms with Gasteiger partial charge in [-0.15, -0.1) is 10.2 Å². The summed E-state index contributed by atoms with van der Waals surface area (Å²) >= 11 is 6.45. The van der Waals surface area contributed by atoms with E-state index in [1.165, 1.54) is 0 Å². The van der Waals surface area contributed by atoms with E-state index < -0.39 is 5.60 Å². The highest BCUT2D eigenvalue weighted by atomic mass is 35.5. The van der Waals surface area contributed by atoms with E-state index in [1.807, 2.05) is 29.9 Å². The standard InChI is InChI=1S/C32H43ClN10O4/c1-22(19-42-21-36-39-40-42)47-29-16-23(4-9-27(29)33)24-17-34-31(35-18-24)37-28-20-43(38-30(28)46-13-10-32(2,3)44)26-7-5-25(6-8-26)41-11-14-45-15-12-41/h4,9,16-18,20-22,25-26,44H,5-8,10-15,19H2,1-3H3,(H,34,35,37)/t22-,25-,26-/m0/s1. The molecule has 1 aromatic carbocycles. The number of nitrogens with zero attached hydrogens (tertiary/aromatic N) is 9. The van der Waals surface area contributed by atoms with Crippen LogP contribution in [0.15, 0.2) is 43.1 Å². The van der Waals surface area contributed by atoms with Crippen LogP contribution in [0.4, 0.5) is 11.6 Å². The number of halogens is 1. The number of ether oxygens (including phenoxy) is 3. The summed E-state index contributed by atoms with van der Waals surface area (Å²) in [7, 11) is 0. The topological polar surface area (TPSA) is 150 Å². The fourth-order valence-corrected chi connectivity index (χ4v) is 6.16. The van der Waals surface area contributed by atoms with E-state index in [2.05, 4.69) is 35.7 Å². The zero-order valence-corrected chi connectivity index (χ0v) is 27.9. The largest absolute Gasteiger partial charge is 0.487 e. The van der Waals surface area contributed by atoms with Crippen molar-refractivity contribution in [2.75, 3.05) is 38.2 Å². The molecule has 0 bridgehead atoms. The Morgan fingerprint density at radius 2 is 1.83 bits per heavy atom. The minimum atomic E-state index is -0.841. The molecule has 1 aliphatic carbocycles. The van der Waals surface area contributed by atoms with Crippen molar-refractivity contribution in [1.29, 1.82) is 0 Å². The Labute approximate surface area is 279 Å². The highest BCUT2D eigenvalue weighted by molar-refractivity contribution is 6.32. The molecule has 14 nitrogen and oxygen atoms in total. The van der Waals surface area contributed by atoms with Crippen LogP contribution in [-0.2, 0) is 11.3 Å². The number of morpholine rings is 1. The monoisotopic (exact) mass is 666 g/mol. The summed E-state index contributed by atoms with van der Waals surface area (Å²) in [6.07, 6.45) is 11.6. The molecule has 252 valence electrons. The van der Waals surface area contributed by atoms with Gasteiger partial charge in [0.15, 0.2) is 0 Å². The first-order chi connectivity index (χ1) is 22.7. The van der Waals surface area contributed by atoms with Crippen LogP contribution in [-0.4, -0.2) is 101 Å². The van der Waals surface area contributed by atoms with Gasteiger partial charge in [0.2, 0.25) is 5.95 Å². The lowest BCUT2D eigenvalue weighted by molar-refractivity contribution is 0.00501. The summed E-state index contributed by atoms with van der Waals surface area (Å²) in [5.41, 5.74) is 1.51. The van der Waals surface area contributed by atoms with Crippen molar-refractivity contribution in [2.24, 2.45) is 0 Å². The van der Waals surface area contributed by atoms with Crippen molar-refractivity contribution in [3.63, 3.8) is 0 Å².